The Morgan fingerprint density at radius 3 is 2.71 bits per heavy atom. The summed E-state index contributed by atoms with van der Waals surface area (Å²) in [6.07, 6.45) is 1.47. The second-order valence-corrected chi connectivity index (χ2v) is 6.80. The van der Waals surface area contributed by atoms with E-state index in [1.807, 2.05) is 35.7 Å². The molecule has 2 heterocycles. The number of amides is 1. The van der Waals surface area contributed by atoms with Crippen LogP contribution in [-0.4, -0.2) is 21.1 Å². The Morgan fingerprint density at radius 2 is 2.10 bits per heavy atom. The Hall–Kier alpha value is -1.64. The predicted octanol–water partition coefficient (Wildman–Crippen LogP) is 4.03. The van der Waals surface area contributed by atoms with Crippen LogP contribution in [0.4, 0.5) is 5.69 Å². The molecule has 0 atom stereocenters. The second kappa shape index (κ2) is 6.42. The summed E-state index contributed by atoms with van der Waals surface area (Å²) in [4.78, 5) is 17.8. The molecule has 21 heavy (non-hydrogen) atoms. The van der Waals surface area contributed by atoms with Crippen LogP contribution in [0.25, 0.3) is 0 Å². The number of nitrogens with zero attached hydrogens (tertiary/aromatic N) is 2. The van der Waals surface area contributed by atoms with Crippen molar-refractivity contribution in [3.05, 3.63) is 51.4 Å². The first-order valence-corrected chi connectivity index (χ1v) is 8.39. The summed E-state index contributed by atoms with van der Waals surface area (Å²) < 4.78 is 0.808. The van der Waals surface area contributed by atoms with E-state index >= 15 is 0 Å². The Labute approximate surface area is 137 Å². The molecule has 2 aromatic heterocycles. The van der Waals surface area contributed by atoms with Gasteiger partial charge >= 0.3 is 0 Å². The highest BCUT2D eigenvalue weighted by Crippen LogP contribution is 2.26. The average molecular weight is 381 g/mol. The first kappa shape index (κ1) is 14.3. The Morgan fingerprint density at radius 1 is 1.29 bits per heavy atom. The Kier molecular flexibility index (Phi) is 4.37. The molecule has 0 unspecified atom stereocenters. The largest absolute Gasteiger partial charge is 0.321 e. The standard InChI is InChI=1S/C13H9BrN4OS2/c14-10-5-6-20-11(10)12(19)17-8-1-3-9(4-2-8)21-13-15-7-16-18-13/h1-7H,(H,17,19)(H,15,16,18). The topological polar surface area (TPSA) is 70.7 Å². The molecule has 3 rings (SSSR count). The van der Waals surface area contributed by atoms with E-state index < -0.39 is 0 Å². The third-order valence-corrected chi connectivity index (χ3v) is 5.28. The number of rotatable bonds is 4. The first-order chi connectivity index (χ1) is 10.2. The molecule has 8 heteroatoms. The van der Waals surface area contributed by atoms with Crippen LogP contribution >= 0.6 is 39.0 Å². The second-order valence-electron chi connectivity index (χ2n) is 3.97. The minimum Gasteiger partial charge on any atom is -0.321 e. The molecule has 1 amide bonds. The number of carbonyl (C=O) groups is 1. The van der Waals surface area contributed by atoms with Crippen molar-refractivity contribution >= 4 is 50.6 Å². The summed E-state index contributed by atoms with van der Waals surface area (Å²) >= 11 is 6.23. The lowest BCUT2D eigenvalue weighted by molar-refractivity contribution is 0.103. The molecule has 0 bridgehead atoms. The van der Waals surface area contributed by atoms with E-state index in [1.54, 1.807) is 0 Å². The van der Waals surface area contributed by atoms with Gasteiger partial charge in [-0.1, -0.05) is 11.8 Å². The van der Waals surface area contributed by atoms with Gasteiger partial charge in [0.2, 0.25) is 0 Å². The Bertz CT molecular complexity index is 740. The van der Waals surface area contributed by atoms with E-state index in [0.717, 1.165) is 20.2 Å². The predicted molar refractivity (Wildman–Crippen MR) is 86.9 cm³/mol. The van der Waals surface area contributed by atoms with Crippen molar-refractivity contribution in [3.8, 4) is 0 Å². The van der Waals surface area contributed by atoms with Gasteiger partial charge in [0.1, 0.15) is 11.2 Å². The summed E-state index contributed by atoms with van der Waals surface area (Å²) in [6, 6.07) is 9.42. The molecule has 106 valence electrons. The average Bonchev–Trinajstić information content (AvgIpc) is 3.12. The lowest BCUT2D eigenvalue weighted by atomic mass is 10.3. The number of nitrogens with one attached hydrogen (secondary N) is 2. The van der Waals surface area contributed by atoms with Crippen LogP contribution in [0.1, 0.15) is 9.67 Å². The zero-order valence-electron chi connectivity index (χ0n) is 10.5. The van der Waals surface area contributed by atoms with Crippen molar-refractivity contribution in [2.24, 2.45) is 0 Å². The zero-order chi connectivity index (χ0) is 14.7. The molecular weight excluding hydrogens is 372 g/mol. The third kappa shape index (κ3) is 3.52. The van der Waals surface area contributed by atoms with Crippen molar-refractivity contribution in [2.45, 2.75) is 10.1 Å². The van der Waals surface area contributed by atoms with E-state index in [4.69, 9.17) is 0 Å². The van der Waals surface area contributed by atoms with Gasteiger partial charge in [0.25, 0.3) is 5.91 Å². The molecule has 0 radical (unpaired) electrons. The van der Waals surface area contributed by atoms with Crippen LogP contribution in [0, 0.1) is 0 Å². The minimum absolute atomic E-state index is 0.118. The highest BCUT2D eigenvalue weighted by molar-refractivity contribution is 9.10. The molecule has 2 N–H and O–H groups in total. The van der Waals surface area contributed by atoms with Crippen molar-refractivity contribution in [3.63, 3.8) is 0 Å². The van der Waals surface area contributed by atoms with Crippen LogP contribution in [0.5, 0.6) is 0 Å². The number of benzene rings is 1. The molecule has 0 fully saturated rings. The lowest BCUT2D eigenvalue weighted by Crippen LogP contribution is -2.10. The molecule has 0 saturated carbocycles. The number of carbonyl (C=O) groups excluding carboxylic acids is 1. The molecule has 0 saturated heterocycles. The van der Waals surface area contributed by atoms with E-state index in [1.165, 1.54) is 29.4 Å². The lowest BCUT2D eigenvalue weighted by Gasteiger charge is -2.05. The number of halogens is 1. The first-order valence-electron chi connectivity index (χ1n) is 5.90. The van der Waals surface area contributed by atoms with Gasteiger partial charge in [0.05, 0.1) is 0 Å². The van der Waals surface area contributed by atoms with Crippen LogP contribution in [-0.2, 0) is 0 Å². The molecular formula is C13H9BrN4OS2. The number of thiophene rings is 1. The maximum absolute atomic E-state index is 12.1. The van der Waals surface area contributed by atoms with Crippen molar-refractivity contribution < 1.29 is 4.79 Å². The highest BCUT2D eigenvalue weighted by atomic mass is 79.9. The van der Waals surface area contributed by atoms with Gasteiger partial charge in [0.15, 0.2) is 5.16 Å². The number of aromatic nitrogens is 3. The number of hydrogen-bond donors (Lipinski definition) is 2. The number of anilines is 1. The fourth-order valence-electron chi connectivity index (χ4n) is 1.60. The van der Waals surface area contributed by atoms with E-state index in [9.17, 15) is 4.79 Å². The summed E-state index contributed by atoms with van der Waals surface area (Å²) in [5.41, 5.74) is 0.752. The van der Waals surface area contributed by atoms with Gasteiger partial charge in [-0.05, 0) is 51.6 Å². The number of H-pyrrole nitrogens is 1. The van der Waals surface area contributed by atoms with E-state index in [-0.39, 0.29) is 5.91 Å². The van der Waals surface area contributed by atoms with Gasteiger partial charge in [-0.15, -0.1) is 11.3 Å². The quantitative estimate of drug-likeness (QED) is 0.716. The maximum atomic E-state index is 12.1. The monoisotopic (exact) mass is 380 g/mol. The van der Waals surface area contributed by atoms with E-state index in [2.05, 4.69) is 36.4 Å². The van der Waals surface area contributed by atoms with Crippen LogP contribution < -0.4 is 5.32 Å². The molecule has 0 aliphatic carbocycles. The summed E-state index contributed by atoms with van der Waals surface area (Å²) in [7, 11) is 0. The molecule has 1 aromatic carbocycles. The molecule has 5 nitrogen and oxygen atoms in total. The summed E-state index contributed by atoms with van der Waals surface area (Å²) in [5.74, 6) is -0.118. The van der Waals surface area contributed by atoms with Gasteiger partial charge < -0.3 is 5.32 Å². The SMILES string of the molecule is O=C(Nc1ccc(Sc2ncn[nH]2)cc1)c1sccc1Br. The molecule has 3 aromatic rings. The highest BCUT2D eigenvalue weighted by Gasteiger charge is 2.11. The Balaban J connectivity index is 1.67. The normalized spacial score (nSPS) is 10.5. The van der Waals surface area contributed by atoms with Crippen LogP contribution in [0.15, 0.2) is 56.6 Å². The fourth-order valence-corrected chi connectivity index (χ4v) is 3.75. The molecule has 0 spiro atoms. The van der Waals surface area contributed by atoms with Crippen molar-refractivity contribution in [2.75, 3.05) is 5.32 Å². The summed E-state index contributed by atoms with van der Waals surface area (Å²) in [6.45, 7) is 0. The molecule has 0 aliphatic heterocycles. The maximum Gasteiger partial charge on any atom is 0.266 e. The van der Waals surface area contributed by atoms with E-state index in [0.29, 0.717) is 4.88 Å². The fraction of sp³-hybridized carbons (Fsp3) is 0. The smallest absolute Gasteiger partial charge is 0.266 e. The molecule has 0 aliphatic rings. The van der Waals surface area contributed by atoms with Crippen molar-refractivity contribution in [1.82, 2.24) is 15.2 Å². The number of hydrogen-bond acceptors (Lipinski definition) is 5. The van der Waals surface area contributed by atoms with Gasteiger partial charge in [-0.3, -0.25) is 9.89 Å². The van der Waals surface area contributed by atoms with Crippen LogP contribution in [0.2, 0.25) is 0 Å². The minimum atomic E-state index is -0.118. The summed E-state index contributed by atoms with van der Waals surface area (Å²) in [5, 5.41) is 12.0. The van der Waals surface area contributed by atoms with Crippen LogP contribution in [0.3, 0.4) is 0 Å². The van der Waals surface area contributed by atoms with Gasteiger partial charge in [0, 0.05) is 15.1 Å². The van der Waals surface area contributed by atoms with Crippen molar-refractivity contribution in [1.29, 1.82) is 0 Å². The van der Waals surface area contributed by atoms with Gasteiger partial charge in [-0.2, -0.15) is 5.10 Å². The zero-order valence-corrected chi connectivity index (χ0v) is 13.8. The number of aromatic amines is 1. The third-order valence-electron chi connectivity index (χ3n) is 2.54. The van der Waals surface area contributed by atoms with Gasteiger partial charge in [-0.25, -0.2) is 4.98 Å².